The summed E-state index contributed by atoms with van der Waals surface area (Å²) in [5, 5.41) is 12.0. The molecular weight excluding hydrogens is 240 g/mol. The van der Waals surface area contributed by atoms with Gasteiger partial charge in [-0.15, -0.1) is 0 Å². The first-order chi connectivity index (χ1) is 9.20. The van der Waals surface area contributed by atoms with E-state index in [1.54, 1.807) is 6.92 Å². The number of benzene rings is 1. The highest BCUT2D eigenvalue weighted by molar-refractivity contribution is 5.50. The Bertz CT molecular complexity index is 655. The Morgan fingerprint density at radius 2 is 2.11 bits per heavy atom. The van der Waals surface area contributed by atoms with Crippen molar-refractivity contribution in [2.75, 3.05) is 11.9 Å². The summed E-state index contributed by atoms with van der Waals surface area (Å²) < 4.78 is 0. The van der Waals surface area contributed by atoms with Crippen LogP contribution in [-0.2, 0) is 6.42 Å². The third-order valence-electron chi connectivity index (χ3n) is 2.70. The molecule has 1 aromatic carbocycles. The molecule has 5 nitrogen and oxygen atoms in total. The van der Waals surface area contributed by atoms with Crippen molar-refractivity contribution in [3.63, 3.8) is 0 Å². The maximum absolute atomic E-state index is 11.6. The number of aromatic amines is 1. The van der Waals surface area contributed by atoms with Crippen LogP contribution in [0.5, 0.6) is 0 Å². The van der Waals surface area contributed by atoms with Crippen LogP contribution in [0.25, 0.3) is 0 Å². The normalized spacial score (nSPS) is 9.89. The number of anilines is 1. The topological polar surface area (TPSA) is 81.6 Å². The molecule has 0 fully saturated rings. The van der Waals surface area contributed by atoms with Gasteiger partial charge in [-0.05, 0) is 18.9 Å². The van der Waals surface area contributed by atoms with Crippen molar-refractivity contribution in [3.05, 3.63) is 57.6 Å². The lowest BCUT2D eigenvalue weighted by molar-refractivity contribution is 0.963. The van der Waals surface area contributed by atoms with Gasteiger partial charge < -0.3 is 10.3 Å². The molecule has 0 unspecified atom stereocenters. The van der Waals surface area contributed by atoms with E-state index in [0.29, 0.717) is 18.2 Å². The summed E-state index contributed by atoms with van der Waals surface area (Å²) in [5.41, 5.74) is 0.811. The molecule has 0 atom stereocenters. The summed E-state index contributed by atoms with van der Waals surface area (Å²) in [7, 11) is 0. The Hall–Kier alpha value is -2.61. The van der Waals surface area contributed by atoms with Crippen LogP contribution in [0.15, 0.2) is 35.1 Å². The highest BCUT2D eigenvalue weighted by Crippen LogP contribution is 2.07. The van der Waals surface area contributed by atoms with Gasteiger partial charge in [0.05, 0.1) is 0 Å². The summed E-state index contributed by atoms with van der Waals surface area (Å²) in [4.78, 5) is 18.2. The average molecular weight is 254 g/mol. The number of aryl methyl sites for hydroxylation is 1. The summed E-state index contributed by atoms with van der Waals surface area (Å²) in [6.07, 6.45) is 0.805. The molecular formula is C14H14N4O. The lowest BCUT2D eigenvalue weighted by atomic mass is 10.1. The smallest absolute Gasteiger partial charge is 0.271 e. The van der Waals surface area contributed by atoms with Gasteiger partial charge in [0.2, 0.25) is 0 Å². The van der Waals surface area contributed by atoms with E-state index in [2.05, 4.69) is 15.3 Å². The van der Waals surface area contributed by atoms with Crippen molar-refractivity contribution in [2.24, 2.45) is 0 Å². The van der Waals surface area contributed by atoms with Crippen molar-refractivity contribution in [1.82, 2.24) is 9.97 Å². The SMILES string of the molecule is Cc1nc(NCCc2ccccc2)c(C#N)c(=O)[nH]1. The van der Waals surface area contributed by atoms with E-state index in [1.807, 2.05) is 36.4 Å². The molecule has 0 aliphatic carbocycles. The summed E-state index contributed by atoms with van der Waals surface area (Å²) in [5.74, 6) is 0.839. The quantitative estimate of drug-likeness (QED) is 0.868. The largest absolute Gasteiger partial charge is 0.368 e. The van der Waals surface area contributed by atoms with Gasteiger partial charge in [-0.25, -0.2) is 4.98 Å². The molecule has 2 aromatic rings. The fraction of sp³-hybridized carbons (Fsp3) is 0.214. The van der Waals surface area contributed by atoms with Crippen molar-refractivity contribution < 1.29 is 0 Å². The molecule has 2 rings (SSSR count). The van der Waals surface area contributed by atoms with Crippen molar-refractivity contribution in [1.29, 1.82) is 5.26 Å². The van der Waals surface area contributed by atoms with Gasteiger partial charge in [-0.3, -0.25) is 4.79 Å². The van der Waals surface area contributed by atoms with E-state index >= 15 is 0 Å². The minimum Gasteiger partial charge on any atom is -0.368 e. The standard InChI is InChI=1S/C14H14N4O/c1-10-17-13(12(9-15)14(19)18-10)16-8-7-11-5-3-2-4-6-11/h2-6H,7-8H2,1H3,(H2,16,17,18,19). The molecule has 96 valence electrons. The molecule has 2 N–H and O–H groups in total. The molecule has 0 saturated heterocycles. The Morgan fingerprint density at radius 3 is 2.79 bits per heavy atom. The average Bonchev–Trinajstić information content (AvgIpc) is 2.39. The molecule has 5 heteroatoms. The fourth-order valence-corrected chi connectivity index (χ4v) is 1.79. The van der Waals surface area contributed by atoms with Gasteiger partial charge in [0.25, 0.3) is 5.56 Å². The predicted molar refractivity (Wildman–Crippen MR) is 72.9 cm³/mol. The first-order valence-electron chi connectivity index (χ1n) is 5.99. The van der Waals surface area contributed by atoms with Gasteiger partial charge in [-0.2, -0.15) is 5.26 Å². The lowest BCUT2D eigenvalue weighted by Crippen LogP contribution is -2.18. The van der Waals surface area contributed by atoms with E-state index in [4.69, 9.17) is 5.26 Å². The lowest BCUT2D eigenvalue weighted by Gasteiger charge is -2.07. The van der Waals surface area contributed by atoms with Crippen LogP contribution in [0.1, 0.15) is 17.0 Å². The van der Waals surface area contributed by atoms with E-state index < -0.39 is 5.56 Å². The second-order valence-electron chi connectivity index (χ2n) is 4.15. The number of nitriles is 1. The molecule has 0 bridgehead atoms. The Labute approximate surface area is 110 Å². The van der Waals surface area contributed by atoms with Crippen LogP contribution >= 0.6 is 0 Å². The second kappa shape index (κ2) is 5.83. The third kappa shape index (κ3) is 3.19. The van der Waals surface area contributed by atoms with Gasteiger partial charge in [0.15, 0.2) is 11.4 Å². The van der Waals surface area contributed by atoms with Crippen molar-refractivity contribution in [3.8, 4) is 6.07 Å². The van der Waals surface area contributed by atoms with E-state index in [1.165, 1.54) is 5.56 Å². The number of nitrogens with zero attached hydrogens (tertiary/aromatic N) is 2. The molecule has 0 aliphatic heterocycles. The summed E-state index contributed by atoms with van der Waals surface area (Å²) in [6.45, 7) is 2.31. The highest BCUT2D eigenvalue weighted by atomic mass is 16.1. The number of nitrogens with one attached hydrogen (secondary N) is 2. The predicted octanol–water partition coefficient (Wildman–Crippen LogP) is 1.60. The van der Waals surface area contributed by atoms with Crippen LogP contribution < -0.4 is 10.9 Å². The first-order valence-corrected chi connectivity index (χ1v) is 5.99. The number of rotatable bonds is 4. The van der Waals surface area contributed by atoms with Gasteiger partial charge >= 0.3 is 0 Å². The van der Waals surface area contributed by atoms with Gasteiger partial charge in [0.1, 0.15) is 11.9 Å². The maximum atomic E-state index is 11.6. The van der Waals surface area contributed by atoms with Gasteiger partial charge in [-0.1, -0.05) is 30.3 Å². The van der Waals surface area contributed by atoms with Crippen molar-refractivity contribution in [2.45, 2.75) is 13.3 Å². The number of aromatic nitrogens is 2. The molecule has 0 saturated carbocycles. The Balaban J connectivity index is 2.08. The van der Waals surface area contributed by atoms with Crippen LogP contribution in [0.3, 0.4) is 0 Å². The molecule has 0 amide bonds. The number of hydrogen-bond donors (Lipinski definition) is 2. The Morgan fingerprint density at radius 1 is 1.37 bits per heavy atom. The monoisotopic (exact) mass is 254 g/mol. The Kier molecular flexibility index (Phi) is 3.94. The minimum absolute atomic E-state index is 0.0265. The summed E-state index contributed by atoms with van der Waals surface area (Å²) in [6, 6.07) is 11.9. The minimum atomic E-state index is -0.405. The molecule has 1 aromatic heterocycles. The van der Waals surface area contributed by atoms with Crippen molar-refractivity contribution >= 4 is 5.82 Å². The molecule has 19 heavy (non-hydrogen) atoms. The maximum Gasteiger partial charge on any atom is 0.271 e. The zero-order valence-corrected chi connectivity index (χ0v) is 10.6. The zero-order valence-electron chi connectivity index (χ0n) is 10.6. The molecule has 0 spiro atoms. The van der Waals surface area contributed by atoms with E-state index in [0.717, 1.165) is 6.42 Å². The van der Waals surface area contributed by atoms with Crippen LogP contribution in [-0.4, -0.2) is 16.5 Å². The van der Waals surface area contributed by atoms with Crippen LogP contribution in [0.4, 0.5) is 5.82 Å². The second-order valence-corrected chi connectivity index (χ2v) is 4.15. The zero-order chi connectivity index (χ0) is 13.7. The van der Waals surface area contributed by atoms with Gasteiger partial charge in [0, 0.05) is 6.54 Å². The third-order valence-corrected chi connectivity index (χ3v) is 2.70. The van der Waals surface area contributed by atoms with Crippen LogP contribution in [0.2, 0.25) is 0 Å². The summed E-state index contributed by atoms with van der Waals surface area (Å²) >= 11 is 0. The molecule has 1 heterocycles. The number of H-pyrrole nitrogens is 1. The first kappa shape index (κ1) is 12.8. The highest BCUT2D eigenvalue weighted by Gasteiger charge is 2.08. The fourth-order valence-electron chi connectivity index (χ4n) is 1.79. The van der Waals surface area contributed by atoms with E-state index in [9.17, 15) is 4.79 Å². The number of hydrogen-bond acceptors (Lipinski definition) is 4. The molecule has 0 radical (unpaired) electrons. The van der Waals surface area contributed by atoms with E-state index in [-0.39, 0.29) is 5.56 Å². The van der Waals surface area contributed by atoms with Crippen LogP contribution in [0, 0.1) is 18.3 Å². The molecule has 0 aliphatic rings.